The SMILES string of the molecule is c1ccc(-c2ccc(Nc3ccnc(OCCN4CCOCC4)n3)cc2)cc1. The second-order valence-electron chi connectivity index (χ2n) is 6.60. The van der Waals surface area contributed by atoms with E-state index < -0.39 is 0 Å². The average molecular weight is 376 g/mol. The first-order valence-corrected chi connectivity index (χ1v) is 9.55. The van der Waals surface area contributed by atoms with Gasteiger partial charge in [0.15, 0.2) is 0 Å². The summed E-state index contributed by atoms with van der Waals surface area (Å²) in [6.07, 6.45) is 1.71. The van der Waals surface area contributed by atoms with Crippen LogP contribution in [0.3, 0.4) is 0 Å². The molecule has 6 nitrogen and oxygen atoms in total. The molecule has 1 aromatic heterocycles. The largest absolute Gasteiger partial charge is 0.462 e. The summed E-state index contributed by atoms with van der Waals surface area (Å²) in [6, 6.07) is 20.8. The highest BCUT2D eigenvalue weighted by molar-refractivity contribution is 5.67. The molecular weight excluding hydrogens is 352 g/mol. The highest BCUT2D eigenvalue weighted by atomic mass is 16.5. The number of nitrogens with one attached hydrogen (secondary N) is 1. The lowest BCUT2D eigenvalue weighted by atomic mass is 10.1. The van der Waals surface area contributed by atoms with Crippen LogP contribution in [0.25, 0.3) is 11.1 Å². The van der Waals surface area contributed by atoms with E-state index in [1.54, 1.807) is 6.20 Å². The molecule has 0 atom stereocenters. The Morgan fingerprint density at radius 3 is 2.46 bits per heavy atom. The van der Waals surface area contributed by atoms with E-state index in [0.29, 0.717) is 18.4 Å². The molecule has 2 aromatic carbocycles. The van der Waals surface area contributed by atoms with E-state index in [4.69, 9.17) is 9.47 Å². The van der Waals surface area contributed by atoms with Crippen molar-refractivity contribution in [3.8, 4) is 17.1 Å². The highest BCUT2D eigenvalue weighted by Crippen LogP contribution is 2.22. The number of rotatable bonds is 7. The summed E-state index contributed by atoms with van der Waals surface area (Å²) in [7, 11) is 0. The van der Waals surface area contributed by atoms with Crippen molar-refractivity contribution in [2.75, 3.05) is 44.8 Å². The van der Waals surface area contributed by atoms with Crippen molar-refractivity contribution in [1.82, 2.24) is 14.9 Å². The Labute approximate surface area is 165 Å². The summed E-state index contributed by atoms with van der Waals surface area (Å²) in [4.78, 5) is 11.0. The lowest BCUT2D eigenvalue weighted by Crippen LogP contribution is -2.38. The molecule has 1 aliphatic heterocycles. The van der Waals surface area contributed by atoms with E-state index in [-0.39, 0.29) is 0 Å². The first-order chi connectivity index (χ1) is 13.9. The van der Waals surface area contributed by atoms with Crippen molar-refractivity contribution in [1.29, 1.82) is 0 Å². The van der Waals surface area contributed by atoms with E-state index in [1.165, 1.54) is 11.1 Å². The minimum absolute atomic E-state index is 0.388. The number of hydrogen-bond donors (Lipinski definition) is 1. The van der Waals surface area contributed by atoms with Crippen molar-refractivity contribution in [3.63, 3.8) is 0 Å². The zero-order valence-electron chi connectivity index (χ0n) is 15.8. The molecule has 4 rings (SSSR count). The molecule has 144 valence electrons. The molecule has 1 N–H and O–H groups in total. The fourth-order valence-corrected chi connectivity index (χ4v) is 3.10. The molecule has 0 amide bonds. The maximum Gasteiger partial charge on any atom is 0.318 e. The summed E-state index contributed by atoms with van der Waals surface area (Å²) in [5, 5.41) is 3.30. The number of benzene rings is 2. The molecule has 0 spiro atoms. The molecule has 0 unspecified atom stereocenters. The Morgan fingerprint density at radius 1 is 0.929 bits per heavy atom. The van der Waals surface area contributed by atoms with Crippen molar-refractivity contribution >= 4 is 11.5 Å². The second-order valence-corrected chi connectivity index (χ2v) is 6.60. The molecule has 28 heavy (non-hydrogen) atoms. The van der Waals surface area contributed by atoms with Crippen LogP contribution >= 0.6 is 0 Å². The Morgan fingerprint density at radius 2 is 1.68 bits per heavy atom. The molecule has 0 saturated carbocycles. The number of hydrogen-bond acceptors (Lipinski definition) is 6. The maximum atomic E-state index is 5.72. The number of ether oxygens (including phenoxy) is 2. The molecule has 0 aliphatic carbocycles. The number of aromatic nitrogens is 2. The van der Waals surface area contributed by atoms with E-state index in [9.17, 15) is 0 Å². The lowest BCUT2D eigenvalue weighted by molar-refractivity contribution is 0.0317. The second kappa shape index (κ2) is 9.30. The normalized spacial score (nSPS) is 14.6. The van der Waals surface area contributed by atoms with Gasteiger partial charge >= 0.3 is 6.01 Å². The van der Waals surface area contributed by atoms with Gasteiger partial charge in [-0.05, 0) is 29.3 Å². The lowest BCUT2D eigenvalue weighted by Gasteiger charge is -2.26. The molecule has 0 radical (unpaired) electrons. The van der Waals surface area contributed by atoms with Gasteiger partial charge in [0.05, 0.1) is 13.2 Å². The van der Waals surface area contributed by atoms with Gasteiger partial charge in [-0.2, -0.15) is 4.98 Å². The number of nitrogens with zero attached hydrogens (tertiary/aromatic N) is 3. The first kappa shape index (κ1) is 18.4. The van der Waals surface area contributed by atoms with Gasteiger partial charge in [-0.15, -0.1) is 0 Å². The predicted octanol–water partition coefficient (Wildman–Crippen LogP) is 3.60. The predicted molar refractivity (Wildman–Crippen MR) is 110 cm³/mol. The van der Waals surface area contributed by atoms with Gasteiger partial charge in [0, 0.05) is 31.5 Å². The molecule has 0 bridgehead atoms. The van der Waals surface area contributed by atoms with E-state index >= 15 is 0 Å². The van der Waals surface area contributed by atoms with Gasteiger partial charge in [0.2, 0.25) is 0 Å². The Hall–Kier alpha value is -2.96. The molecule has 2 heterocycles. The summed E-state index contributed by atoms with van der Waals surface area (Å²) in [5.41, 5.74) is 3.35. The topological polar surface area (TPSA) is 59.5 Å². The average Bonchev–Trinajstić information content (AvgIpc) is 2.76. The molecule has 1 fully saturated rings. The summed E-state index contributed by atoms with van der Waals surface area (Å²) in [5.74, 6) is 0.712. The highest BCUT2D eigenvalue weighted by Gasteiger charge is 2.10. The zero-order chi connectivity index (χ0) is 19.0. The van der Waals surface area contributed by atoms with Crippen molar-refractivity contribution < 1.29 is 9.47 Å². The fraction of sp³-hybridized carbons (Fsp3) is 0.273. The monoisotopic (exact) mass is 376 g/mol. The van der Waals surface area contributed by atoms with E-state index in [1.807, 2.05) is 36.4 Å². The maximum absolute atomic E-state index is 5.72. The van der Waals surface area contributed by atoms with Gasteiger partial charge in [-0.1, -0.05) is 42.5 Å². The summed E-state index contributed by atoms with van der Waals surface area (Å²) < 4.78 is 11.1. The zero-order valence-corrected chi connectivity index (χ0v) is 15.8. The Balaban J connectivity index is 1.32. The van der Waals surface area contributed by atoms with Crippen molar-refractivity contribution in [3.05, 3.63) is 66.9 Å². The molecule has 6 heteroatoms. The quantitative estimate of drug-likeness (QED) is 0.680. The van der Waals surface area contributed by atoms with Crippen LogP contribution in [-0.4, -0.2) is 54.3 Å². The standard InChI is InChI=1S/C22H24N4O2/c1-2-4-18(5-3-1)19-6-8-20(9-7-19)24-21-10-11-23-22(25-21)28-17-14-26-12-15-27-16-13-26/h1-11H,12-17H2,(H,23,24,25). The van der Waals surface area contributed by atoms with Gasteiger partial charge in [-0.25, -0.2) is 4.98 Å². The molecular formula is C22H24N4O2. The first-order valence-electron chi connectivity index (χ1n) is 9.55. The van der Waals surface area contributed by atoms with Crippen LogP contribution in [0.2, 0.25) is 0 Å². The van der Waals surface area contributed by atoms with Gasteiger partial charge in [-0.3, -0.25) is 4.90 Å². The Kier molecular flexibility index (Phi) is 6.11. The van der Waals surface area contributed by atoms with Crippen LogP contribution < -0.4 is 10.1 Å². The molecule has 1 saturated heterocycles. The minimum atomic E-state index is 0.388. The van der Waals surface area contributed by atoms with Crippen LogP contribution in [0, 0.1) is 0 Å². The summed E-state index contributed by atoms with van der Waals surface area (Å²) >= 11 is 0. The van der Waals surface area contributed by atoms with Gasteiger partial charge in [0.1, 0.15) is 12.4 Å². The number of morpholine rings is 1. The van der Waals surface area contributed by atoms with E-state index in [2.05, 4.69) is 44.5 Å². The van der Waals surface area contributed by atoms with Crippen molar-refractivity contribution in [2.24, 2.45) is 0 Å². The van der Waals surface area contributed by atoms with Crippen molar-refractivity contribution in [2.45, 2.75) is 0 Å². The third-order valence-electron chi connectivity index (χ3n) is 4.64. The van der Waals surface area contributed by atoms with Crippen LogP contribution in [0.15, 0.2) is 66.9 Å². The van der Waals surface area contributed by atoms with Gasteiger partial charge < -0.3 is 14.8 Å². The third kappa shape index (κ3) is 5.06. The van der Waals surface area contributed by atoms with Crippen LogP contribution in [-0.2, 0) is 4.74 Å². The minimum Gasteiger partial charge on any atom is -0.462 e. The van der Waals surface area contributed by atoms with Crippen LogP contribution in [0.5, 0.6) is 6.01 Å². The smallest absolute Gasteiger partial charge is 0.318 e. The van der Waals surface area contributed by atoms with Gasteiger partial charge in [0.25, 0.3) is 0 Å². The Bertz CT molecular complexity index is 865. The summed E-state index contributed by atoms with van der Waals surface area (Å²) in [6.45, 7) is 4.90. The third-order valence-corrected chi connectivity index (χ3v) is 4.64. The van der Waals surface area contributed by atoms with Crippen LogP contribution in [0.1, 0.15) is 0 Å². The van der Waals surface area contributed by atoms with Crippen LogP contribution in [0.4, 0.5) is 11.5 Å². The number of anilines is 2. The van der Waals surface area contributed by atoms with E-state index in [0.717, 1.165) is 38.5 Å². The molecule has 1 aliphatic rings. The fourth-order valence-electron chi connectivity index (χ4n) is 3.10. The molecule has 3 aromatic rings.